The smallest absolute Gasteiger partial charge is 0.244 e. The number of carbonyl (C=O) groups is 1. The summed E-state index contributed by atoms with van der Waals surface area (Å²) in [6, 6.07) is 0. The van der Waals surface area contributed by atoms with Crippen LogP contribution in [-0.2, 0) is 4.79 Å². The van der Waals surface area contributed by atoms with Crippen molar-refractivity contribution in [3.05, 3.63) is 0 Å². The van der Waals surface area contributed by atoms with E-state index in [4.69, 9.17) is 0 Å². The fourth-order valence-corrected chi connectivity index (χ4v) is 4.76. The third-order valence-corrected chi connectivity index (χ3v) is 6.69. The zero-order valence-corrected chi connectivity index (χ0v) is 13.0. The fraction of sp³-hybridized carbons (Fsp3) is 0.933. The van der Waals surface area contributed by atoms with Crippen molar-refractivity contribution in [1.29, 1.82) is 0 Å². The minimum absolute atomic E-state index is 0.144. The van der Waals surface area contributed by atoms with Crippen LogP contribution in [0.25, 0.3) is 0 Å². The molecule has 1 atom stereocenters. The van der Waals surface area contributed by atoms with Gasteiger partial charge in [-0.15, -0.1) is 0 Å². The largest absolute Gasteiger partial charge is 0.324 e. The fourth-order valence-electron chi connectivity index (χ4n) is 3.80. The van der Waals surface area contributed by atoms with Crippen LogP contribution in [0.5, 0.6) is 0 Å². The minimum Gasteiger partial charge on any atom is -0.324 e. The van der Waals surface area contributed by atoms with Gasteiger partial charge in [-0.25, -0.2) is 0 Å². The third-order valence-electron chi connectivity index (χ3n) is 5.28. The maximum Gasteiger partial charge on any atom is 0.244 e. The van der Waals surface area contributed by atoms with Gasteiger partial charge in [0.2, 0.25) is 5.91 Å². The van der Waals surface area contributed by atoms with Gasteiger partial charge in [0.25, 0.3) is 0 Å². The van der Waals surface area contributed by atoms with Crippen molar-refractivity contribution >= 4 is 17.7 Å². The molecule has 1 spiro atoms. The molecule has 108 valence electrons. The van der Waals surface area contributed by atoms with Crippen molar-refractivity contribution in [3.63, 3.8) is 0 Å². The van der Waals surface area contributed by atoms with Crippen LogP contribution in [0.3, 0.4) is 0 Å². The number of hydrogen-bond acceptors (Lipinski definition) is 3. The van der Waals surface area contributed by atoms with Gasteiger partial charge >= 0.3 is 0 Å². The van der Waals surface area contributed by atoms with Gasteiger partial charge in [-0.2, -0.15) is 11.8 Å². The first-order valence-electron chi connectivity index (χ1n) is 7.79. The zero-order valence-electron chi connectivity index (χ0n) is 12.2. The van der Waals surface area contributed by atoms with E-state index in [0.29, 0.717) is 10.7 Å². The highest BCUT2D eigenvalue weighted by molar-refractivity contribution is 8.00. The number of nitrogens with one attached hydrogen (secondary N) is 1. The van der Waals surface area contributed by atoms with E-state index >= 15 is 0 Å². The lowest BCUT2D eigenvalue weighted by Gasteiger charge is -2.40. The summed E-state index contributed by atoms with van der Waals surface area (Å²) in [7, 11) is 0. The highest BCUT2D eigenvalue weighted by Crippen LogP contribution is 2.45. The summed E-state index contributed by atoms with van der Waals surface area (Å²) in [4.78, 5) is 14.8. The van der Waals surface area contributed by atoms with E-state index in [1.54, 1.807) is 0 Å². The van der Waals surface area contributed by atoms with Crippen molar-refractivity contribution < 1.29 is 4.79 Å². The molecule has 1 amide bonds. The molecule has 2 aliphatic carbocycles. The predicted molar refractivity (Wildman–Crippen MR) is 80.2 cm³/mol. The number of thioether (sulfide) groups is 1. The number of rotatable bonds is 4. The van der Waals surface area contributed by atoms with E-state index < -0.39 is 0 Å². The zero-order chi connectivity index (χ0) is 13.5. The quantitative estimate of drug-likeness (QED) is 0.860. The molecule has 3 nitrogen and oxygen atoms in total. The molecular formula is C15H26N2OS. The minimum atomic E-state index is -0.144. The van der Waals surface area contributed by atoms with E-state index in [0.717, 1.165) is 25.8 Å². The number of nitrogens with zero attached hydrogens (tertiary/aromatic N) is 1. The monoisotopic (exact) mass is 282 g/mol. The molecule has 0 aromatic rings. The standard InChI is InChI=1S/C15H26N2OS/c1-3-12-16-15(9-10-15)13(18)17(12)11-14(19-2)7-5-4-6-8-14/h12,16H,3-11H2,1-2H3. The summed E-state index contributed by atoms with van der Waals surface area (Å²) in [6.07, 6.45) is 12.2. The Labute approximate surface area is 120 Å². The lowest BCUT2D eigenvalue weighted by atomic mass is 9.87. The van der Waals surface area contributed by atoms with E-state index in [1.165, 1.54) is 32.1 Å². The Bertz CT molecular complexity index is 361. The Balaban J connectivity index is 1.75. The summed E-state index contributed by atoms with van der Waals surface area (Å²) in [6.45, 7) is 3.15. The molecule has 1 unspecified atom stereocenters. The lowest BCUT2D eigenvalue weighted by Crippen LogP contribution is -2.47. The van der Waals surface area contributed by atoms with Crippen molar-refractivity contribution in [2.24, 2.45) is 0 Å². The first-order chi connectivity index (χ1) is 9.15. The molecule has 0 aromatic heterocycles. The van der Waals surface area contributed by atoms with Crippen molar-refractivity contribution in [2.45, 2.75) is 74.7 Å². The van der Waals surface area contributed by atoms with Gasteiger partial charge in [0.15, 0.2) is 0 Å². The van der Waals surface area contributed by atoms with Crippen LogP contribution in [0.15, 0.2) is 0 Å². The van der Waals surface area contributed by atoms with E-state index in [9.17, 15) is 4.79 Å². The van der Waals surface area contributed by atoms with E-state index in [1.807, 2.05) is 11.8 Å². The van der Waals surface area contributed by atoms with Crippen LogP contribution in [-0.4, -0.2) is 40.1 Å². The number of carbonyl (C=O) groups excluding carboxylic acids is 1. The molecule has 1 N–H and O–H groups in total. The first kappa shape index (κ1) is 13.7. The summed E-state index contributed by atoms with van der Waals surface area (Å²) in [5, 5.41) is 3.59. The maximum absolute atomic E-state index is 12.6. The molecule has 0 bridgehead atoms. The Kier molecular flexibility index (Phi) is 3.59. The second kappa shape index (κ2) is 4.96. The molecule has 1 heterocycles. The van der Waals surface area contributed by atoms with Gasteiger partial charge < -0.3 is 4.90 Å². The summed E-state index contributed by atoms with van der Waals surface area (Å²) in [5.41, 5.74) is -0.144. The summed E-state index contributed by atoms with van der Waals surface area (Å²) < 4.78 is 0.323. The van der Waals surface area contributed by atoms with Gasteiger partial charge in [0, 0.05) is 11.3 Å². The Morgan fingerprint density at radius 1 is 1.26 bits per heavy atom. The molecule has 19 heavy (non-hydrogen) atoms. The van der Waals surface area contributed by atoms with Crippen LogP contribution < -0.4 is 5.32 Å². The molecule has 3 rings (SSSR count). The van der Waals surface area contributed by atoms with Crippen LogP contribution >= 0.6 is 11.8 Å². The predicted octanol–water partition coefficient (Wildman–Crippen LogP) is 2.75. The second-order valence-electron chi connectivity index (χ2n) is 6.53. The molecule has 4 heteroatoms. The maximum atomic E-state index is 12.6. The van der Waals surface area contributed by atoms with Crippen molar-refractivity contribution in [2.75, 3.05) is 12.8 Å². The molecule has 3 fully saturated rings. The van der Waals surface area contributed by atoms with Gasteiger partial charge in [-0.05, 0) is 38.4 Å². The molecular weight excluding hydrogens is 256 g/mol. The van der Waals surface area contributed by atoms with Gasteiger partial charge in [-0.3, -0.25) is 10.1 Å². The van der Waals surface area contributed by atoms with Gasteiger partial charge in [0.1, 0.15) is 0 Å². The second-order valence-corrected chi connectivity index (χ2v) is 7.81. The van der Waals surface area contributed by atoms with E-state index in [-0.39, 0.29) is 11.7 Å². The van der Waals surface area contributed by atoms with Crippen LogP contribution in [0.1, 0.15) is 58.3 Å². The molecule has 2 saturated carbocycles. The molecule has 0 radical (unpaired) electrons. The van der Waals surface area contributed by atoms with Gasteiger partial charge in [-0.1, -0.05) is 26.2 Å². The van der Waals surface area contributed by atoms with Crippen LogP contribution in [0, 0.1) is 0 Å². The highest BCUT2D eigenvalue weighted by atomic mass is 32.2. The Hall–Kier alpha value is -0.220. The van der Waals surface area contributed by atoms with E-state index in [2.05, 4.69) is 23.4 Å². The van der Waals surface area contributed by atoms with Gasteiger partial charge in [0.05, 0.1) is 11.7 Å². The summed E-state index contributed by atoms with van der Waals surface area (Å²) in [5.74, 6) is 0.387. The SMILES string of the molecule is CCC1NC2(CC2)C(=O)N1CC1(SC)CCCCC1. The van der Waals surface area contributed by atoms with Crippen LogP contribution in [0.2, 0.25) is 0 Å². The third kappa shape index (κ3) is 2.31. The molecule has 0 aromatic carbocycles. The molecule has 1 saturated heterocycles. The first-order valence-corrected chi connectivity index (χ1v) is 9.01. The topological polar surface area (TPSA) is 32.3 Å². The Morgan fingerprint density at radius 2 is 1.95 bits per heavy atom. The lowest BCUT2D eigenvalue weighted by molar-refractivity contribution is -0.131. The Morgan fingerprint density at radius 3 is 2.47 bits per heavy atom. The molecule has 1 aliphatic heterocycles. The average Bonchev–Trinajstić information content (AvgIpc) is 3.19. The number of hydrogen-bond donors (Lipinski definition) is 1. The van der Waals surface area contributed by atoms with Crippen LogP contribution in [0.4, 0.5) is 0 Å². The highest BCUT2D eigenvalue weighted by Gasteiger charge is 2.59. The average molecular weight is 282 g/mol. The van der Waals surface area contributed by atoms with Crippen molar-refractivity contribution in [3.8, 4) is 0 Å². The molecule has 3 aliphatic rings. The van der Waals surface area contributed by atoms with Crippen molar-refractivity contribution in [1.82, 2.24) is 10.2 Å². The summed E-state index contributed by atoms with van der Waals surface area (Å²) >= 11 is 1.99. The normalized spacial score (nSPS) is 32.0. The number of amides is 1.